The van der Waals surface area contributed by atoms with Gasteiger partial charge < -0.3 is 15.4 Å². The minimum atomic E-state index is -0.202. The summed E-state index contributed by atoms with van der Waals surface area (Å²) >= 11 is 0. The van der Waals surface area contributed by atoms with E-state index in [-0.39, 0.29) is 18.4 Å². The molecule has 0 aliphatic carbocycles. The lowest BCUT2D eigenvalue weighted by molar-refractivity contribution is -0.123. The fourth-order valence-corrected chi connectivity index (χ4v) is 2.84. The number of rotatable bonds is 8. The zero-order valence-electron chi connectivity index (χ0n) is 16.4. The standard InChI is InChI=1S/C24H24N2O3/c1-2-19-10-6-7-11-22(19)26-24(28)20-12-14-21(15-13-20)29-17-23(27)25-16-18-8-4-3-5-9-18/h3-15H,2,16-17H2,1H3,(H,25,27)(H,26,28). The summed E-state index contributed by atoms with van der Waals surface area (Å²) in [5, 5.41) is 5.74. The number of benzene rings is 3. The highest BCUT2D eigenvalue weighted by molar-refractivity contribution is 6.04. The van der Waals surface area contributed by atoms with E-state index in [1.807, 2.05) is 61.5 Å². The second kappa shape index (κ2) is 10.1. The summed E-state index contributed by atoms with van der Waals surface area (Å²) in [6.07, 6.45) is 0.843. The molecular formula is C24H24N2O3. The summed E-state index contributed by atoms with van der Waals surface area (Å²) in [6, 6.07) is 24.2. The molecule has 0 unspecified atom stereocenters. The predicted octanol–water partition coefficient (Wildman–Crippen LogP) is 4.20. The lowest BCUT2D eigenvalue weighted by Gasteiger charge is -2.10. The minimum absolute atomic E-state index is 0.0811. The molecule has 0 spiro atoms. The molecule has 0 atom stereocenters. The van der Waals surface area contributed by atoms with E-state index in [4.69, 9.17) is 4.74 Å². The van der Waals surface area contributed by atoms with Crippen LogP contribution in [0.3, 0.4) is 0 Å². The Hall–Kier alpha value is -3.60. The van der Waals surface area contributed by atoms with Crippen molar-refractivity contribution in [2.24, 2.45) is 0 Å². The number of ether oxygens (including phenoxy) is 1. The van der Waals surface area contributed by atoms with Gasteiger partial charge in [0.1, 0.15) is 5.75 Å². The molecule has 148 valence electrons. The Kier molecular flexibility index (Phi) is 7.00. The Bertz CT molecular complexity index is 953. The maximum Gasteiger partial charge on any atom is 0.258 e. The van der Waals surface area contributed by atoms with Crippen LogP contribution in [0.5, 0.6) is 5.75 Å². The minimum Gasteiger partial charge on any atom is -0.484 e. The average Bonchev–Trinajstić information content (AvgIpc) is 2.77. The predicted molar refractivity (Wildman–Crippen MR) is 114 cm³/mol. The fraction of sp³-hybridized carbons (Fsp3) is 0.167. The molecule has 3 aromatic carbocycles. The fourth-order valence-electron chi connectivity index (χ4n) is 2.84. The summed E-state index contributed by atoms with van der Waals surface area (Å²) in [4.78, 5) is 24.4. The van der Waals surface area contributed by atoms with E-state index >= 15 is 0 Å². The highest BCUT2D eigenvalue weighted by Crippen LogP contribution is 2.18. The topological polar surface area (TPSA) is 67.4 Å². The first-order valence-electron chi connectivity index (χ1n) is 9.58. The van der Waals surface area contributed by atoms with Crippen LogP contribution in [0.4, 0.5) is 5.69 Å². The van der Waals surface area contributed by atoms with Crippen LogP contribution in [-0.2, 0) is 17.8 Å². The SMILES string of the molecule is CCc1ccccc1NC(=O)c1ccc(OCC(=O)NCc2ccccc2)cc1. The molecule has 0 saturated heterocycles. The van der Waals surface area contributed by atoms with Crippen molar-refractivity contribution in [2.75, 3.05) is 11.9 Å². The summed E-state index contributed by atoms with van der Waals surface area (Å²) in [5.41, 5.74) is 3.45. The van der Waals surface area contributed by atoms with E-state index in [0.717, 1.165) is 23.2 Å². The molecule has 3 rings (SSSR count). The Morgan fingerprint density at radius 1 is 0.862 bits per heavy atom. The first-order chi connectivity index (χ1) is 14.2. The second-order valence-corrected chi connectivity index (χ2v) is 6.54. The largest absolute Gasteiger partial charge is 0.484 e. The van der Waals surface area contributed by atoms with Crippen molar-refractivity contribution in [3.8, 4) is 5.75 Å². The number of para-hydroxylation sites is 1. The normalized spacial score (nSPS) is 10.2. The van der Waals surface area contributed by atoms with Crippen LogP contribution >= 0.6 is 0 Å². The quantitative estimate of drug-likeness (QED) is 0.608. The second-order valence-electron chi connectivity index (χ2n) is 6.54. The van der Waals surface area contributed by atoms with Crippen LogP contribution in [-0.4, -0.2) is 18.4 Å². The summed E-state index contributed by atoms with van der Waals surface area (Å²) in [7, 11) is 0. The van der Waals surface area contributed by atoms with Crippen molar-refractivity contribution >= 4 is 17.5 Å². The first kappa shape index (κ1) is 20.1. The average molecular weight is 388 g/mol. The van der Waals surface area contributed by atoms with Gasteiger partial charge in [-0.05, 0) is 47.9 Å². The van der Waals surface area contributed by atoms with Gasteiger partial charge in [-0.3, -0.25) is 9.59 Å². The van der Waals surface area contributed by atoms with Crippen LogP contribution in [0.2, 0.25) is 0 Å². The molecule has 0 saturated carbocycles. The number of hydrogen-bond donors (Lipinski definition) is 2. The van der Waals surface area contributed by atoms with E-state index in [9.17, 15) is 9.59 Å². The van der Waals surface area contributed by atoms with Gasteiger partial charge in [0.05, 0.1) is 0 Å². The van der Waals surface area contributed by atoms with Gasteiger partial charge in [0.2, 0.25) is 0 Å². The number of amides is 2. The van der Waals surface area contributed by atoms with E-state index < -0.39 is 0 Å². The van der Waals surface area contributed by atoms with Crippen molar-refractivity contribution in [1.82, 2.24) is 5.32 Å². The molecule has 29 heavy (non-hydrogen) atoms. The van der Waals surface area contributed by atoms with Crippen LogP contribution in [0, 0.1) is 0 Å². The molecule has 0 bridgehead atoms. The van der Waals surface area contributed by atoms with Crippen LogP contribution in [0.15, 0.2) is 78.9 Å². The number of carbonyl (C=O) groups excluding carboxylic acids is 2. The van der Waals surface area contributed by atoms with Gasteiger partial charge in [-0.25, -0.2) is 0 Å². The third-order valence-electron chi connectivity index (χ3n) is 4.47. The van der Waals surface area contributed by atoms with Gasteiger partial charge in [-0.1, -0.05) is 55.5 Å². The summed E-state index contributed by atoms with van der Waals surface area (Å²) < 4.78 is 5.50. The van der Waals surface area contributed by atoms with Gasteiger partial charge in [0.15, 0.2) is 6.61 Å². The van der Waals surface area contributed by atoms with Crippen molar-refractivity contribution < 1.29 is 14.3 Å². The number of hydrogen-bond acceptors (Lipinski definition) is 3. The molecule has 2 amide bonds. The molecular weight excluding hydrogens is 364 g/mol. The van der Waals surface area contributed by atoms with Crippen LogP contribution < -0.4 is 15.4 Å². The lowest BCUT2D eigenvalue weighted by atomic mass is 10.1. The third kappa shape index (κ3) is 5.94. The van der Waals surface area contributed by atoms with E-state index in [1.54, 1.807) is 24.3 Å². The van der Waals surface area contributed by atoms with Gasteiger partial charge >= 0.3 is 0 Å². The van der Waals surface area contributed by atoms with Crippen molar-refractivity contribution in [3.63, 3.8) is 0 Å². The van der Waals surface area contributed by atoms with Crippen molar-refractivity contribution in [3.05, 3.63) is 95.6 Å². The number of carbonyl (C=O) groups is 2. The van der Waals surface area contributed by atoms with Gasteiger partial charge in [-0.15, -0.1) is 0 Å². The zero-order chi connectivity index (χ0) is 20.5. The summed E-state index contributed by atoms with van der Waals surface area (Å²) in [6.45, 7) is 2.43. The number of nitrogens with one attached hydrogen (secondary N) is 2. The third-order valence-corrected chi connectivity index (χ3v) is 4.47. The Labute approximate surface area is 170 Å². The van der Waals surface area contributed by atoms with E-state index in [0.29, 0.717) is 17.9 Å². The van der Waals surface area contributed by atoms with Crippen molar-refractivity contribution in [1.29, 1.82) is 0 Å². The molecule has 0 aliphatic heterocycles. The number of aryl methyl sites for hydroxylation is 1. The van der Waals surface area contributed by atoms with E-state index in [2.05, 4.69) is 10.6 Å². The smallest absolute Gasteiger partial charge is 0.258 e. The zero-order valence-corrected chi connectivity index (χ0v) is 16.4. The molecule has 0 radical (unpaired) electrons. The molecule has 0 aromatic heterocycles. The monoisotopic (exact) mass is 388 g/mol. The van der Waals surface area contributed by atoms with Gasteiger partial charge in [-0.2, -0.15) is 0 Å². The molecule has 5 nitrogen and oxygen atoms in total. The Morgan fingerprint density at radius 3 is 2.28 bits per heavy atom. The molecule has 3 aromatic rings. The molecule has 0 fully saturated rings. The van der Waals surface area contributed by atoms with Gasteiger partial charge in [0, 0.05) is 17.8 Å². The molecule has 2 N–H and O–H groups in total. The molecule has 5 heteroatoms. The highest BCUT2D eigenvalue weighted by atomic mass is 16.5. The molecule has 0 heterocycles. The lowest BCUT2D eigenvalue weighted by Crippen LogP contribution is -2.28. The first-order valence-corrected chi connectivity index (χ1v) is 9.58. The summed E-state index contributed by atoms with van der Waals surface area (Å²) in [5.74, 6) is 0.148. The van der Waals surface area contributed by atoms with Gasteiger partial charge in [0.25, 0.3) is 11.8 Å². The van der Waals surface area contributed by atoms with E-state index in [1.165, 1.54) is 0 Å². The maximum atomic E-state index is 12.5. The van der Waals surface area contributed by atoms with Crippen molar-refractivity contribution in [2.45, 2.75) is 19.9 Å². The van der Waals surface area contributed by atoms with Crippen LogP contribution in [0.1, 0.15) is 28.4 Å². The Balaban J connectivity index is 1.49. The number of anilines is 1. The highest BCUT2D eigenvalue weighted by Gasteiger charge is 2.09. The molecule has 0 aliphatic rings. The maximum absolute atomic E-state index is 12.5. The van der Waals surface area contributed by atoms with Crippen LogP contribution in [0.25, 0.3) is 0 Å². The Morgan fingerprint density at radius 2 is 1.55 bits per heavy atom.